The molecule has 4 rings (SSSR count). The fourth-order valence-corrected chi connectivity index (χ4v) is 7.68. The third-order valence-electron chi connectivity index (χ3n) is 9.67. The van der Waals surface area contributed by atoms with Gasteiger partial charge in [0.15, 0.2) is 8.32 Å². The van der Waals surface area contributed by atoms with Gasteiger partial charge in [-0.3, -0.25) is 4.98 Å². The van der Waals surface area contributed by atoms with Crippen LogP contribution in [0.3, 0.4) is 0 Å². The first kappa shape index (κ1) is 32.2. The van der Waals surface area contributed by atoms with E-state index in [0.717, 1.165) is 61.4 Å². The van der Waals surface area contributed by atoms with Crippen LogP contribution in [0.25, 0.3) is 11.1 Å². The number of methoxy groups -OCH3 is 1. The first-order valence-corrected chi connectivity index (χ1v) is 17.9. The second-order valence-electron chi connectivity index (χ2n) is 14.5. The lowest BCUT2D eigenvalue weighted by molar-refractivity contribution is -0.137. The number of aliphatic hydroxyl groups excluding tert-OH is 1. The fraction of sp³-hybridized carbons (Fsp3) is 0.667. The molecular formula is C33H48F3NO3Si. The zero-order valence-corrected chi connectivity index (χ0v) is 27.3. The highest BCUT2D eigenvalue weighted by Gasteiger charge is 2.46. The maximum absolute atomic E-state index is 14.6. The third-order valence-corrected chi connectivity index (χ3v) is 14.2. The maximum atomic E-state index is 14.6. The monoisotopic (exact) mass is 591 g/mol. The summed E-state index contributed by atoms with van der Waals surface area (Å²) < 4.78 is 56.8. The van der Waals surface area contributed by atoms with Crippen LogP contribution < -0.4 is 0 Å². The first-order valence-electron chi connectivity index (χ1n) is 15.0. The van der Waals surface area contributed by atoms with Crippen LogP contribution in [0.5, 0.6) is 0 Å². The third kappa shape index (κ3) is 6.46. The second kappa shape index (κ2) is 11.4. The summed E-state index contributed by atoms with van der Waals surface area (Å²) in [5.74, 6) is 0.107. The number of aliphatic hydroxyl groups is 1. The number of rotatable bonds is 7. The second-order valence-corrected chi connectivity index (χ2v) is 19.2. The van der Waals surface area contributed by atoms with Crippen LogP contribution in [0.15, 0.2) is 18.2 Å². The molecule has 228 valence electrons. The molecule has 1 saturated carbocycles. The molecule has 1 aromatic heterocycles. The SMILES string of the molecule is COC(C)c1nc2c(c(C3CCCC3)c1-c1cc(CO)ccc1C(F)(F)F)[C@@H](O[Si](C)(C)C(C)(C)C)CC(C)(C)C2. The van der Waals surface area contributed by atoms with Crippen LogP contribution in [0.4, 0.5) is 13.2 Å². The molecule has 1 unspecified atom stereocenters. The van der Waals surface area contributed by atoms with Crippen LogP contribution in [0.1, 0.15) is 125 Å². The Morgan fingerprint density at radius 3 is 2.27 bits per heavy atom. The molecule has 1 fully saturated rings. The number of aromatic nitrogens is 1. The molecule has 0 radical (unpaired) electrons. The number of ether oxygens (including phenoxy) is 1. The zero-order valence-electron chi connectivity index (χ0n) is 26.3. The largest absolute Gasteiger partial charge is 0.417 e. The minimum atomic E-state index is -4.57. The van der Waals surface area contributed by atoms with Crippen LogP contribution in [-0.4, -0.2) is 25.5 Å². The highest BCUT2D eigenvalue weighted by Crippen LogP contribution is 2.54. The molecule has 2 aliphatic rings. The number of alkyl halides is 3. The van der Waals surface area contributed by atoms with Gasteiger partial charge < -0.3 is 14.3 Å². The molecule has 41 heavy (non-hydrogen) atoms. The first-order chi connectivity index (χ1) is 18.9. The minimum absolute atomic E-state index is 0.0258. The number of hydrogen-bond acceptors (Lipinski definition) is 4. The zero-order chi connectivity index (χ0) is 30.5. The van der Waals surface area contributed by atoms with Crippen molar-refractivity contribution >= 4 is 8.32 Å². The molecule has 0 amide bonds. The van der Waals surface area contributed by atoms with Crippen LogP contribution in [0, 0.1) is 5.41 Å². The van der Waals surface area contributed by atoms with E-state index in [1.54, 1.807) is 7.11 Å². The Labute approximate surface area is 245 Å². The van der Waals surface area contributed by atoms with E-state index in [2.05, 4.69) is 47.7 Å². The van der Waals surface area contributed by atoms with Gasteiger partial charge in [0, 0.05) is 23.9 Å². The molecule has 1 heterocycles. The molecule has 1 N–H and O–H groups in total. The van der Waals surface area contributed by atoms with E-state index in [-0.39, 0.29) is 34.6 Å². The number of halogens is 3. The predicted molar refractivity (Wildman–Crippen MR) is 160 cm³/mol. The van der Waals surface area contributed by atoms with Gasteiger partial charge in [0.25, 0.3) is 0 Å². The Morgan fingerprint density at radius 1 is 1.10 bits per heavy atom. The van der Waals surface area contributed by atoms with Crippen molar-refractivity contribution < 1.29 is 27.4 Å². The topological polar surface area (TPSA) is 51.6 Å². The summed E-state index contributed by atoms with van der Waals surface area (Å²) in [4.78, 5) is 5.19. The maximum Gasteiger partial charge on any atom is 0.417 e. The Hall–Kier alpha value is -1.74. The van der Waals surface area contributed by atoms with E-state index >= 15 is 0 Å². The molecule has 2 atom stereocenters. The van der Waals surface area contributed by atoms with Gasteiger partial charge in [-0.25, -0.2) is 0 Å². The number of hydrogen-bond donors (Lipinski definition) is 1. The lowest BCUT2D eigenvalue weighted by atomic mass is 9.70. The highest BCUT2D eigenvalue weighted by atomic mass is 28.4. The molecule has 4 nitrogen and oxygen atoms in total. The molecule has 2 aromatic rings. The molecule has 8 heteroatoms. The van der Waals surface area contributed by atoms with Crippen molar-refractivity contribution in [3.63, 3.8) is 0 Å². The lowest BCUT2D eigenvalue weighted by Crippen LogP contribution is -2.44. The van der Waals surface area contributed by atoms with Crippen molar-refractivity contribution in [2.24, 2.45) is 5.41 Å². The van der Waals surface area contributed by atoms with Crippen molar-refractivity contribution in [3.05, 3.63) is 51.8 Å². The van der Waals surface area contributed by atoms with E-state index < -0.39 is 26.2 Å². The fourth-order valence-electron chi connectivity index (χ4n) is 6.42. The van der Waals surface area contributed by atoms with Gasteiger partial charge in [-0.1, -0.05) is 53.5 Å². The molecule has 0 bridgehead atoms. The predicted octanol–water partition coefficient (Wildman–Crippen LogP) is 9.66. The summed E-state index contributed by atoms with van der Waals surface area (Å²) in [6.07, 6.45) is 0.0952. The van der Waals surface area contributed by atoms with E-state index in [1.165, 1.54) is 12.1 Å². The normalized spacial score (nSPS) is 20.8. The molecule has 0 aliphatic heterocycles. The minimum Gasteiger partial charge on any atom is -0.410 e. The molecule has 0 saturated heterocycles. The van der Waals surface area contributed by atoms with Crippen molar-refractivity contribution in [2.45, 2.75) is 129 Å². The summed E-state index contributed by atoms with van der Waals surface area (Å²) in [6, 6.07) is 3.97. The van der Waals surface area contributed by atoms with Crippen LogP contribution >= 0.6 is 0 Å². The summed E-state index contributed by atoms with van der Waals surface area (Å²) in [5, 5.41) is 9.94. The average molecular weight is 592 g/mol. The van der Waals surface area contributed by atoms with Crippen molar-refractivity contribution in [1.29, 1.82) is 0 Å². The van der Waals surface area contributed by atoms with Gasteiger partial charge in [0.05, 0.1) is 30.1 Å². The van der Waals surface area contributed by atoms with Gasteiger partial charge >= 0.3 is 6.18 Å². The van der Waals surface area contributed by atoms with Gasteiger partial charge in [0.2, 0.25) is 0 Å². The van der Waals surface area contributed by atoms with Crippen molar-refractivity contribution in [3.8, 4) is 11.1 Å². The smallest absolute Gasteiger partial charge is 0.410 e. The van der Waals surface area contributed by atoms with Crippen LogP contribution in [0.2, 0.25) is 18.1 Å². The van der Waals surface area contributed by atoms with Crippen molar-refractivity contribution in [2.75, 3.05) is 7.11 Å². The van der Waals surface area contributed by atoms with Gasteiger partial charge in [-0.2, -0.15) is 13.2 Å². The molecule has 0 spiro atoms. The Morgan fingerprint density at radius 2 is 1.73 bits per heavy atom. The van der Waals surface area contributed by atoms with E-state index in [0.29, 0.717) is 16.8 Å². The van der Waals surface area contributed by atoms with Crippen molar-refractivity contribution in [1.82, 2.24) is 4.98 Å². The quantitative estimate of drug-likeness (QED) is 0.326. The Bertz CT molecular complexity index is 1260. The highest BCUT2D eigenvalue weighted by molar-refractivity contribution is 6.74. The van der Waals surface area contributed by atoms with Gasteiger partial charge in [0.1, 0.15) is 0 Å². The van der Waals surface area contributed by atoms with Gasteiger partial charge in [-0.05, 0) is 90.9 Å². The molecule has 2 aliphatic carbocycles. The number of benzene rings is 1. The summed E-state index contributed by atoms with van der Waals surface area (Å²) in [7, 11) is -0.669. The lowest BCUT2D eigenvalue weighted by Gasteiger charge is -2.45. The number of fused-ring (bicyclic) bond motifs is 1. The Kier molecular flexibility index (Phi) is 8.95. The van der Waals surface area contributed by atoms with E-state index in [4.69, 9.17) is 14.1 Å². The summed E-state index contributed by atoms with van der Waals surface area (Å²) >= 11 is 0. The summed E-state index contributed by atoms with van der Waals surface area (Å²) in [6.45, 7) is 17.1. The number of pyridine rings is 1. The Balaban J connectivity index is 2.15. The molecular weight excluding hydrogens is 543 g/mol. The van der Waals surface area contributed by atoms with E-state index in [9.17, 15) is 18.3 Å². The summed E-state index contributed by atoms with van der Waals surface area (Å²) in [5.41, 5.74) is 3.69. The average Bonchev–Trinajstić information content (AvgIpc) is 3.39. The molecule has 1 aromatic carbocycles. The van der Waals surface area contributed by atoms with Crippen LogP contribution in [-0.2, 0) is 28.4 Å². The van der Waals surface area contributed by atoms with E-state index in [1.807, 2.05) is 6.92 Å². The number of nitrogens with zero attached hydrogens (tertiary/aromatic N) is 1. The van der Waals surface area contributed by atoms with Gasteiger partial charge in [-0.15, -0.1) is 0 Å². The standard InChI is InChI=1S/C33H48F3NO3Si/c1-20(39-7)30-28(23-16-21(19-38)14-15-24(23)33(34,35)36)27(22-12-10-11-13-22)29-25(37-30)17-32(5,6)18-26(29)40-41(8,9)31(2,3)4/h14-16,20,22,26,38H,10-13,17-19H2,1-9H3/t20?,26-/m0/s1.